The first-order valence-corrected chi connectivity index (χ1v) is 6.03. The van der Waals surface area contributed by atoms with E-state index < -0.39 is 10.0 Å². The molecule has 0 saturated carbocycles. The van der Waals surface area contributed by atoms with Crippen molar-refractivity contribution in [2.75, 3.05) is 0 Å². The third-order valence-electron chi connectivity index (χ3n) is 1.96. The maximum Gasteiger partial charge on any atom is 0.243 e. The number of H-pyrrole nitrogens is 1. The molecule has 0 aliphatic carbocycles. The van der Waals surface area contributed by atoms with Gasteiger partial charge in [0, 0.05) is 18.7 Å². The van der Waals surface area contributed by atoms with Crippen LogP contribution in [0.3, 0.4) is 0 Å². The Kier molecular flexibility index (Phi) is 3.88. The quantitative estimate of drug-likeness (QED) is 0.719. The fourth-order valence-electron chi connectivity index (χ4n) is 1.09. The Bertz CT molecular complexity index is 430. The number of nitrogens with one attached hydrogen (secondary N) is 2. The van der Waals surface area contributed by atoms with E-state index >= 15 is 0 Å². The molecule has 0 aliphatic rings. The smallest absolute Gasteiger partial charge is 0.243 e. The van der Waals surface area contributed by atoms with Crippen molar-refractivity contribution in [3.63, 3.8) is 0 Å². The first-order chi connectivity index (χ1) is 7.10. The highest BCUT2D eigenvalue weighted by molar-refractivity contribution is 7.89. The van der Waals surface area contributed by atoms with Gasteiger partial charge in [-0.15, -0.1) is 12.3 Å². The molecule has 1 unspecified atom stereocenters. The average molecular weight is 227 g/mol. The summed E-state index contributed by atoms with van der Waals surface area (Å²) in [6, 6.07) is -0.227. The molecular weight excluding hydrogens is 214 g/mol. The zero-order chi connectivity index (χ0) is 11.3. The summed E-state index contributed by atoms with van der Waals surface area (Å²) in [5, 5.41) is 6.03. The Labute approximate surface area is 89.3 Å². The van der Waals surface area contributed by atoms with E-state index in [-0.39, 0.29) is 10.9 Å². The van der Waals surface area contributed by atoms with Gasteiger partial charge in [0.2, 0.25) is 10.0 Å². The first-order valence-electron chi connectivity index (χ1n) is 4.54. The minimum absolute atomic E-state index is 0.123. The number of hydrogen-bond donors (Lipinski definition) is 2. The van der Waals surface area contributed by atoms with Gasteiger partial charge in [0.05, 0.1) is 6.20 Å². The lowest BCUT2D eigenvalue weighted by Crippen LogP contribution is -2.33. The van der Waals surface area contributed by atoms with E-state index in [2.05, 4.69) is 20.8 Å². The van der Waals surface area contributed by atoms with Crippen LogP contribution in [0, 0.1) is 12.3 Å². The Morgan fingerprint density at radius 2 is 2.47 bits per heavy atom. The van der Waals surface area contributed by atoms with E-state index in [4.69, 9.17) is 6.42 Å². The zero-order valence-electron chi connectivity index (χ0n) is 8.40. The molecule has 5 nitrogen and oxygen atoms in total. The number of nitrogens with zero attached hydrogens (tertiary/aromatic N) is 1. The van der Waals surface area contributed by atoms with Crippen LogP contribution < -0.4 is 4.72 Å². The lowest BCUT2D eigenvalue weighted by atomic mass is 10.2. The van der Waals surface area contributed by atoms with Crippen LogP contribution in [0.25, 0.3) is 0 Å². The van der Waals surface area contributed by atoms with Gasteiger partial charge in [-0.2, -0.15) is 5.10 Å². The van der Waals surface area contributed by atoms with Crippen LogP contribution in [0.4, 0.5) is 0 Å². The Morgan fingerprint density at radius 3 is 2.93 bits per heavy atom. The molecule has 1 atom stereocenters. The predicted octanol–water partition coefficient (Wildman–Crippen LogP) is 0.490. The number of aromatic nitrogens is 2. The van der Waals surface area contributed by atoms with E-state index in [1.165, 1.54) is 12.4 Å². The molecule has 1 aromatic rings. The van der Waals surface area contributed by atoms with E-state index in [9.17, 15) is 8.42 Å². The van der Waals surface area contributed by atoms with Crippen LogP contribution >= 0.6 is 0 Å². The zero-order valence-corrected chi connectivity index (χ0v) is 9.21. The van der Waals surface area contributed by atoms with Gasteiger partial charge in [-0.3, -0.25) is 5.10 Å². The maximum absolute atomic E-state index is 11.7. The maximum atomic E-state index is 11.7. The van der Waals surface area contributed by atoms with Crippen molar-refractivity contribution in [3.05, 3.63) is 12.4 Å². The molecular formula is C9H13N3O2S. The standard InChI is InChI=1S/C9H13N3O2S/c1-3-5-8(4-2)12-15(13,14)9-6-10-11-7-9/h1,6-8,12H,4-5H2,2H3,(H,10,11). The van der Waals surface area contributed by atoms with Crippen molar-refractivity contribution in [2.45, 2.75) is 30.7 Å². The summed E-state index contributed by atoms with van der Waals surface area (Å²) in [6.07, 6.45) is 8.75. The monoisotopic (exact) mass is 227 g/mol. The molecule has 1 rings (SSSR count). The molecule has 0 amide bonds. The van der Waals surface area contributed by atoms with Crippen LogP contribution in [0.2, 0.25) is 0 Å². The van der Waals surface area contributed by atoms with Crippen molar-refractivity contribution in [2.24, 2.45) is 0 Å². The molecule has 0 bridgehead atoms. The number of rotatable bonds is 5. The van der Waals surface area contributed by atoms with Gasteiger partial charge in [-0.05, 0) is 6.42 Å². The first kappa shape index (κ1) is 11.8. The van der Waals surface area contributed by atoms with E-state index in [0.29, 0.717) is 12.8 Å². The third-order valence-corrected chi connectivity index (χ3v) is 3.45. The van der Waals surface area contributed by atoms with Crippen molar-refractivity contribution >= 4 is 10.0 Å². The third kappa shape index (κ3) is 3.08. The molecule has 0 aliphatic heterocycles. The van der Waals surface area contributed by atoms with Gasteiger partial charge in [0.25, 0.3) is 0 Å². The second-order valence-corrected chi connectivity index (χ2v) is 4.78. The van der Waals surface area contributed by atoms with Crippen LogP contribution in [0.1, 0.15) is 19.8 Å². The summed E-state index contributed by atoms with van der Waals surface area (Å²) in [5.41, 5.74) is 0. The summed E-state index contributed by atoms with van der Waals surface area (Å²) in [4.78, 5) is 0.123. The summed E-state index contributed by atoms with van der Waals surface area (Å²) < 4.78 is 25.9. The van der Waals surface area contributed by atoms with E-state index in [0.717, 1.165) is 0 Å². The highest BCUT2D eigenvalue weighted by Crippen LogP contribution is 2.07. The lowest BCUT2D eigenvalue weighted by molar-refractivity contribution is 0.544. The molecule has 0 spiro atoms. The largest absolute Gasteiger partial charge is 0.284 e. The van der Waals surface area contributed by atoms with Crippen LogP contribution in [0.15, 0.2) is 17.3 Å². The molecule has 0 saturated heterocycles. The second-order valence-electron chi connectivity index (χ2n) is 3.07. The molecule has 1 heterocycles. The van der Waals surface area contributed by atoms with Crippen LogP contribution in [-0.2, 0) is 10.0 Å². The van der Waals surface area contributed by atoms with Crippen molar-refractivity contribution in [3.8, 4) is 12.3 Å². The number of hydrogen-bond acceptors (Lipinski definition) is 3. The average Bonchev–Trinajstić information content (AvgIpc) is 2.70. The minimum Gasteiger partial charge on any atom is -0.284 e. The minimum atomic E-state index is -3.49. The summed E-state index contributed by atoms with van der Waals surface area (Å²) >= 11 is 0. The van der Waals surface area contributed by atoms with E-state index in [1.807, 2.05) is 6.92 Å². The van der Waals surface area contributed by atoms with Gasteiger partial charge in [0.1, 0.15) is 4.90 Å². The van der Waals surface area contributed by atoms with Crippen molar-refractivity contribution in [1.82, 2.24) is 14.9 Å². The Morgan fingerprint density at radius 1 is 1.73 bits per heavy atom. The van der Waals surface area contributed by atoms with Crippen LogP contribution in [0.5, 0.6) is 0 Å². The summed E-state index contributed by atoms with van der Waals surface area (Å²) in [5.74, 6) is 2.44. The summed E-state index contributed by atoms with van der Waals surface area (Å²) in [7, 11) is -3.49. The normalized spacial score (nSPS) is 13.3. The number of aromatic amines is 1. The molecule has 6 heteroatoms. The topological polar surface area (TPSA) is 74.8 Å². The predicted molar refractivity (Wildman–Crippen MR) is 56.4 cm³/mol. The van der Waals surface area contributed by atoms with Crippen LogP contribution in [-0.4, -0.2) is 24.7 Å². The van der Waals surface area contributed by atoms with Gasteiger partial charge in [-0.25, -0.2) is 13.1 Å². The fourth-order valence-corrected chi connectivity index (χ4v) is 2.31. The molecule has 82 valence electrons. The second kappa shape index (κ2) is 4.96. The highest BCUT2D eigenvalue weighted by atomic mass is 32.2. The molecule has 15 heavy (non-hydrogen) atoms. The molecule has 0 radical (unpaired) electrons. The molecule has 1 aromatic heterocycles. The van der Waals surface area contributed by atoms with E-state index in [1.54, 1.807) is 0 Å². The lowest BCUT2D eigenvalue weighted by Gasteiger charge is -2.13. The van der Waals surface area contributed by atoms with Crippen molar-refractivity contribution in [1.29, 1.82) is 0 Å². The number of sulfonamides is 1. The Balaban J connectivity index is 2.77. The van der Waals surface area contributed by atoms with Gasteiger partial charge in [-0.1, -0.05) is 6.92 Å². The molecule has 0 aromatic carbocycles. The molecule has 0 fully saturated rings. The fraction of sp³-hybridized carbons (Fsp3) is 0.444. The van der Waals surface area contributed by atoms with Gasteiger partial charge < -0.3 is 0 Å². The molecule has 2 N–H and O–H groups in total. The van der Waals surface area contributed by atoms with Crippen molar-refractivity contribution < 1.29 is 8.42 Å². The van der Waals surface area contributed by atoms with Gasteiger partial charge >= 0.3 is 0 Å². The van der Waals surface area contributed by atoms with Gasteiger partial charge in [0.15, 0.2) is 0 Å². The highest BCUT2D eigenvalue weighted by Gasteiger charge is 2.18. The Hall–Kier alpha value is -1.32. The SMILES string of the molecule is C#CCC(CC)NS(=O)(=O)c1cn[nH]c1. The summed E-state index contributed by atoms with van der Waals surface area (Å²) in [6.45, 7) is 1.87. The number of terminal acetylenes is 1.